The van der Waals surface area contributed by atoms with Gasteiger partial charge in [-0.1, -0.05) is 52.7 Å². The van der Waals surface area contributed by atoms with Crippen LogP contribution in [0, 0.1) is 6.92 Å². The summed E-state index contributed by atoms with van der Waals surface area (Å²) in [4.78, 5) is 27.4. The number of amides is 2. The molecular weight excluding hydrogens is 432 g/mol. The number of rotatable bonds is 9. The highest BCUT2D eigenvalue weighted by Gasteiger charge is 2.29. The lowest BCUT2D eigenvalue weighted by atomic mass is 10.1. The maximum atomic E-state index is 13.1. The van der Waals surface area contributed by atoms with E-state index in [-0.39, 0.29) is 24.5 Å². The molecule has 5 nitrogen and oxygen atoms in total. The van der Waals surface area contributed by atoms with Gasteiger partial charge in [-0.25, -0.2) is 0 Å². The summed E-state index contributed by atoms with van der Waals surface area (Å²) in [7, 11) is 0. The van der Waals surface area contributed by atoms with Gasteiger partial charge in [0.25, 0.3) is 5.91 Å². The van der Waals surface area contributed by atoms with Crippen molar-refractivity contribution in [3.63, 3.8) is 0 Å². The number of nitrogens with one attached hydrogen (secondary N) is 1. The number of ether oxygens (including phenoxy) is 1. The van der Waals surface area contributed by atoms with Crippen molar-refractivity contribution >= 4 is 27.7 Å². The molecule has 0 fully saturated rings. The molecule has 0 aliphatic heterocycles. The Morgan fingerprint density at radius 2 is 1.83 bits per heavy atom. The van der Waals surface area contributed by atoms with Gasteiger partial charge in [-0.3, -0.25) is 9.59 Å². The van der Waals surface area contributed by atoms with Gasteiger partial charge in [0.1, 0.15) is 11.8 Å². The minimum absolute atomic E-state index is 0.00601. The third-order valence-corrected chi connectivity index (χ3v) is 4.96. The van der Waals surface area contributed by atoms with E-state index < -0.39 is 6.04 Å². The SMILES string of the molecule is CCC(C(=O)NC(C)C)N(Cc1cccc(C)c1)C(=O)COc1ccc(Br)cc1. The molecule has 0 heterocycles. The molecule has 0 saturated carbocycles. The van der Waals surface area contributed by atoms with Crippen molar-refractivity contribution in [2.75, 3.05) is 6.61 Å². The molecular formula is C23H29BrN2O3. The highest BCUT2D eigenvalue weighted by molar-refractivity contribution is 9.10. The van der Waals surface area contributed by atoms with E-state index >= 15 is 0 Å². The molecule has 0 bridgehead atoms. The molecule has 0 saturated heterocycles. The summed E-state index contributed by atoms with van der Waals surface area (Å²) in [5.41, 5.74) is 2.10. The zero-order valence-corrected chi connectivity index (χ0v) is 19.0. The molecule has 2 aromatic carbocycles. The lowest BCUT2D eigenvalue weighted by Gasteiger charge is -2.31. The summed E-state index contributed by atoms with van der Waals surface area (Å²) in [6.07, 6.45) is 0.522. The fourth-order valence-electron chi connectivity index (χ4n) is 3.07. The van der Waals surface area contributed by atoms with Crippen LogP contribution in [0.15, 0.2) is 53.0 Å². The predicted molar refractivity (Wildman–Crippen MR) is 119 cm³/mol. The first-order chi connectivity index (χ1) is 13.8. The van der Waals surface area contributed by atoms with E-state index in [1.807, 2.05) is 64.1 Å². The summed E-state index contributed by atoms with van der Waals surface area (Å²) in [6, 6.07) is 14.7. The number of halogens is 1. The number of carbonyl (C=O) groups is 2. The molecule has 2 aromatic rings. The first-order valence-electron chi connectivity index (χ1n) is 9.84. The Morgan fingerprint density at radius 1 is 1.14 bits per heavy atom. The van der Waals surface area contributed by atoms with Gasteiger partial charge in [-0.05, 0) is 57.0 Å². The number of hydrogen-bond donors (Lipinski definition) is 1. The van der Waals surface area contributed by atoms with Gasteiger partial charge in [-0.15, -0.1) is 0 Å². The van der Waals surface area contributed by atoms with Crippen LogP contribution in [0.4, 0.5) is 0 Å². The number of aryl methyl sites for hydroxylation is 1. The van der Waals surface area contributed by atoms with Gasteiger partial charge >= 0.3 is 0 Å². The molecule has 2 amide bonds. The average molecular weight is 461 g/mol. The molecule has 0 radical (unpaired) electrons. The Bertz CT molecular complexity index is 821. The third kappa shape index (κ3) is 7.20. The molecule has 0 aliphatic rings. The summed E-state index contributed by atoms with van der Waals surface area (Å²) in [5, 5.41) is 2.93. The monoisotopic (exact) mass is 460 g/mol. The summed E-state index contributed by atoms with van der Waals surface area (Å²) < 4.78 is 6.62. The van der Waals surface area contributed by atoms with Gasteiger partial charge in [0.15, 0.2) is 6.61 Å². The van der Waals surface area contributed by atoms with Crippen molar-refractivity contribution in [3.05, 3.63) is 64.1 Å². The molecule has 6 heteroatoms. The van der Waals surface area contributed by atoms with E-state index in [0.717, 1.165) is 15.6 Å². The van der Waals surface area contributed by atoms with Crippen LogP contribution in [0.2, 0.25) is 0 Å². The van der Waals surface area contributed by atoms with E-state index in [0.29, 0.717) is 18.7 Å². The van der Waals surface area contributed by atoms with Crippen LogP contribution in [-0.4, -0.2) is 35.4 Å². The fourth-order valence-corrected chi connectivity index (χ4v) is 3.33. The molecule has 0 aliphatic carbocycles. The molecule has 0 spiro atoms. The first kappa shape index (κ1) is 22.9. The topological polar surface area (TPSA) is 58.6 Å². The van der Waals surface area contributed by atoms with Crippen LogP contribution < -0.4 is 10.1 Å². The quantitative estimate of drug-likeness (QED) is 0.600. The van der Waals surface area contributed by atoms with E-state index in [1.165, 1.54) is 0 Å². The molecule has 1 atom stereocenters. The lowest BCUT2D eigenvalue weighted by Crippen LogP contribution is -2.51. The Labute approximate surface area is 181 Å². The van der Waals surface area contributed by atoms with Crippen LogP contribution in [0.1, 0.15) is 38.3 Å². The Kier molecular flexibility index (Phi) is 8.70. The maximum absolute atomic E-state index is 13.1. The highest BCUT2D eigenvalue weighted by atomic mass is 79.9. The fraction of sp³-hybridized carbons (Fsp3) is 0.391. The summed E-state index contributed by atoms with van der Waals surface area (Å²) >= 11 is 3.38. The molecule has 1 N–H and O–H groups in total. The number of benzene rings is 2. The van der Waals surface area contributed by atoms with Crippen molar-refractivity contribution in [1.82, 2.24) is 10.2 Å². The number of carbonyl (C=O) groups excluding carboxylic acids is 2. The second kappa shape index (κ2) is 11.0. The van der Waals surface area contributed by atoms with Crippen molar-refractivity contribution in [2.45, 2.75) is 52.7 Å². The van der Waals surface area contributed by atoms with Crippen LogP contribution in [0.5, 0.6) is 5.75 Å². The Morgan fingerprint density at radius 3 is 2.41 bits per heavy atom. The molecule has 2 rings (SSSR count). The molecule has 156 valence electrons. The number of hydrogen-bond acceptors (Lipinski definition) is 3. The van der Waals surface area contributed by atoms with Gasteiger partial charge in [0.05, 0.1) is 0 Å². The molecule has 29 heavy (non-hydrogen) atoms. The standard InChI is InChI=1S/C23H29BrN2O3/c1-5-21(23(28)25-16(2)3)26(14-18-8-6-7-17(4)13-18)22(27)15-29-20-11-9-19(24)10-12-20/h6-13,16,21H,5,14-15H2,1-4H3,(H,25,28). The Hall–Kier alpha value is -2.34. The molecule has 1 unspecified atom stereocenters. The minimum Gasteiger partial charge on any atom is -0.484 e. The van der Waals surface area contributed by atoms with Gasteiger partial charge < -0.3 is 15.0 Å². The second-order valence-electron chi connectivity index (χ2n) is 7.34. The van der Waals surface area contributed by atoms with Crippen LogP contribution in [0.3, 0.4) is 0 Å². The van der Waals surface area contributed by atoms with Crippen LogP contribution in [0.25, 0.3) is 0 Å². The largest absolute Gasteiger partial charge is 0.484 e. The van der Waals surface area contributed by atoms with Crippen molar-refractivity contribution < 1.29 is 14.3 Å². The smallest absolute Gasteiger partial charge is 0.261 e. The van der Waals surface area contributed by atoms with E-state index in [9.17, 15) is 9.59 Å². The predicted octanol–water partition coefficient (Wildman–Crippen LogP) is 4.47. The van der Waals surface area contributed by atoms with Crippen LogP contribution >= 0.6 is 15.9 Å². The average Bonchev–Trinajstić information content (AvgIpc) is 2.66. The van der Waals surface area contributed by atoms with Crippen molar-refractivity contribution in [2.24, 2.45) is 0 Å². The minimum atomic E-state index is -0.557. The Balaban J connectivity index is 2.20. The third-order valence-electron chi connectivity index (χ3n) is 4.43. The van der Waals surface area contributed by atoms with Gasteiger partial charge in [0, 0.05) is 17.1 Å². The molecule has 0 aromatic heterocycles. The zero-order chi connectivity index (χ0) is 21.4. The first-order valence-corrected chi connectivity index (χ1v) is 10.6. The highest BCUT2D eigenvalue weighted by Crippen LogP contribution is 2.18. The van der Waals surface area contributed by atoms with E-state index in [1.54, 1.807) is 17.0 Å². The van der Waals surface area contributed by atoms with E-state index in [2.05, 4.69) is 21.2 Å². The van der Waals surface area contributed by atoms with E-state index in [4.69, 9.17) is 4.74 Å². The van der Waals surface area contributed by atoms with Crippen LogP contribution in [-0.2, 0) is 16.1 Å². The summed E-state index contributed by atoms with van der Waals surface area (Å²) in [5.74, 6) is 0.240. The second-order valence-corrected chi connectivity index (χ2v) is 8.26. The maximum Gasteiger partial charge on any atom is 0.261 e. The lowest BCUT2D eigenvalue weighted by molar-refractivity contribution is -0.143. The number of nitrogens with zero attached hydrogens (tertiary/aromatic N) is 1. The zero-order valence-electron chi connectivity index (χ0n) is 17.4. The summed E-state index contributed by atoms with van der Waals surface area (Å²) in [6.45, 7) is 7.97. The van der Waals surface area contributed by atoms with Crippen molar-refractivity contribution in [3.8, 4) is 5.75 Å². The van der Waals surface area contributed by atoms with Gasteiger partial charge in [-0.2, -0.15) is 0 Å². The normalized spacial score (nSPS) is 11.8. The van der Waals surface area contributed by atoms with Crippen molar-refractivity contribution in [1.29, 1.82) is 0 Å². The van der Waals surface area contributed by atoms with Gasteiger partial charge in [0.2, 0.25) is 5.91 Å².